The Morgan fingerprint density at radius 2 is 1.80 bits per heavy atom. The molecular formula is C13H21BrN2O3S. The molecule has 0 spiro atoms. The van der Waals surface area contributed by atoms with Gasteiger partial charge in [-0.15, -0.1) is 0 Å². The molecule has 0 aliphatic heterocycles. The van der Waals surface area contributed by atoms with Crippen LogP contribution < -0.4 is 9.46 Å². The fourth-order valence-electron chi connectivity index (χ4n) is 2.04. The molecule has 1 rings (SSSR count). The highest BCUT2D eigenvalue weighted by molar-refractivity contribution is 9.10. The number of methoxy groups -OCH3 is 1. The van der Waals surface area contributed by atoms with Gasteiger partial charge in [0, 0.05) is 16.7 Å². The van der Waals surface area contributed by atoms with Crippen molar-refractivity contribution in [2.24, 2.45) is 11.8 Å². The predicted molar refractivity (Wildman–Crippen MR) is 82.3 cm³/mol. The van der Waals surface area contributed by atoms with Crippen LogP contribution in [-0.4, -0.2) is 26.6 Å². The van der Waals surface area contributed by atoms with Crippen molar-refractivity contribution in [3.63, 3.8) is 0 Å². The first-order valence-electron chi connectivity index (χ1n) is 6.41. The fourth-order valence-corrected chi connectivity index (χ4v) is 4.20. The van der Waals surface area contributed by atoms with E-state index in [0.717, 1.165) is 0 Å². The first kappa shape index (κ1) is 17.4. The second-order valence-electron chi connectivity index (χ2n) is 5.30. The molecule has 0 saturated carbocycles. The number of pyridine rings is 1. The number of nitrogens with zero attached hydrogens (tertiary/aromatic N) is 1. The lowest BCUT2D eigenvalue weighted by atomic mass is 9.94. The third-order valence-corrected chi connectivity index (χ3v) is 4.88. The summed E-state index contributed by atoms with van der Waals surface area (Å²) < 4.78 is 33.4. The minimum absolute atomic E-state index is 0.0423. The number of rotatable bonds is 6. The van der Waals surface area contributed by atoms with Crippen LogP contribution in [0.4, 0.5) is 0 Å². The molecular weight excluding hydrogens is 344 g/mol. The van der Waals surface area contributed by atoms with Crippen molar-refractivity contribution < 1.29 is 13.2 Å². The first-order valence-corrected chi connectivity index (χ1v) is 8.68. The van der Waals surface area contributed by atoms with E-state index in [2.05, 4.69) is 25.6 Å². The monoisotopic (exact) mass is 364 g/mol. The molecule has 0 radical (unpaired) electrons. The zero-order valence-electron chi connectivity index (χ0n) is 12.3. The Bertz CT molecular complexity index is 551. The van der Waals surface area contributed by atoms with Gasteiger partial charge in [0.15, 0.2) is 0 Å². The molecule has 0 amide bonds. The van der Waals surface area contributed by atoms with Crippen LogP contribution in [0.2, 0.25) is 0 Å². The number of halogens is 1. The SMILES string of the molecule is COc1ncc(Br)cc1S(=O)(=O)NC(C(C)C)C(C)C. The zero-order valence-corrected chi connectivity index (χ0v) is 14.7. The second kappa shape index (κ2) is 6.87. The molecule has 0 atom stereocenters. The molecule has 0 unspecified atom stereocenters. The van der Waals surface area contributed by atoms with Crippen LogP contribution >= 0.6 is 15.9 Å². The number of hydrogen-bond acceptors (Lipinski definition) is 4. The van der Waals surface area contributed by atoms with Gasteiger partial charge in [0.2, 0.25) is 15.9 Å². The largest absolute Gasteiger partial charge is 0.480 e. The average molecular weight is 365 g/mol. The van der Waals surface area contributed by atoms with Crippen LogP contribution in [-0.2, 0) is 10.0 Å². The highest BCUT2D eigenvalue weighted by Gasteiger charge is 2.28. The van der Waals surface area contributed by atoms with Crippen LogP contribution in [0.15, 0.2) is 21.6 Å². The summed E-state index contributed by atoms with van der Waals surface area (Å²) in [4.78, 5) is 4.01. The lowest BCUT2D eigenvalue weighted by Crippen LogP contribution is -2.42. The van der Waals surface area contributed by atoms with Crippen molar-refractivity contribution in [3.05, 3.63) is 16.7 Å². The quantitative estimate of drug-likeness (QED) is 0.842. The molecule has 1 aromatic heterocycles. The van der Waals surface area contributed by atoms with E-state index in [-0.39, 0.29) is 28.7 Å². The Kier molecular flexibility index (Phi) is 5.97. The van der Waals surface area contributed by atoms with Gasteiger partial charge in [-0.25, -0.2) is 18.1 Å². The molecule has 5 nitrogen and oxygen atoms in total. The molecule has 7 heteroatoms. The van der Waals surface area contributed by atoms with Gasteiger partial charge in [-0.05, 0) is 33.8 Å². The van der Waals surface area contributed by atoms with Gasteiger partial charge in [-0.2, -0.15) is 0 Å². The summed E-state index contributed by atoms with van der Waals surface area (Å²) in [5.74, 6) is 0.471. The first-order chi connectivity index (χ1) is 9.19. The fraction of sp³-hybridized carbons (Fsp3) is 0.615. The molecule has 20 heavy (non-hydrogen) atoms. The van der Waals surface area contributed by atoms with Crippen molar-refractivity contribution in [2.75, 3.05) is 7.11 Å². The smallest absolute Gasteiger partial charge is 0.246 e. The van der Waals surface area contributed by atoms with Crippen molar-refractivity contribution in [2.45, 2.75) is 38.6 Å². The summed E-state index contributed by atoms with van der Waals surface area (Å²) in [6, 6.07) is 1.34. The third-order valence-electron chi connectivity index (χ3n) is 3.00. The van der Waals surface area contributed by atoms with Crippen LogP contribution in [0.3, 0.4) is 0 Å². The second-order valence-corrected chi connectivity index (χ2v) is 7.89. The average Bonchev–Trinajstić information content (AvgIpc) is 2.35. The van der Waals surface area contributed by atoms with Gasteiger partial charge in [0.25, 0.3) is 0 Å². The number of hydrogen-bond donors (Lipinski definition) is 1. The summed E-state index contributed by atoms with van der Waals surface area (Å²) in [5, 5.41) is 0. The normalized spacial score (nSPS) is 12.4. The van der Waals surface area contributed by atoms with Crippen molar-refractivity contribution in [1.82, 2.24) is 9.71 Å². The highest BCUT2D eigenvalue weighted by Crippen LogP contribution is 2.25. The summed E-state index contributed by atoms with van der Waals surface area (Å²) in [5.41, 5.74) is 0. The molecule has 0 saturated heterocycles. The molecule has 0 aliphatic rings. The van der Waals surface area contributed by atoms with E-state index in [4.69, 9.17) is 4.74 Å². The Morgan fingerprint density at radius 1 is 1.25 bits per heavy atom. The molecule has 1 aromatic rings. The minimum Gasteiger partial charge on any atom is -0.480 e. The van der Waals surface area contributed by atoms with Crippen molar-refractivity contribution >= 4 is 26.0 Å². The molecule has 0 bridgehead atoms. The number of sulfonamides is 1. The Labute approximate surface area is 129 Å². The topological polar surface area (TPSA) is 68.3 Å². The van der Waals surface area contributed by atoms with Gasteiger partial charge in [-0.1, -0.05) is 27.7 Å². The molecule has 0 aliphatic carbocycles. The third kappa shape index (κ3) is 4.17. The summed E-state index contributed by atoms with van der Waals surface area (Å²) in [6.45, 7) is 7.96. The maximum atomic E-state index is 12.5. The van der Waals surface area contributed by atoms with Gasteiger partial charge in [0.1, 0.15) is 4.90 Å². The van der Waals surface area contributed by atoms with Crippen LogP contribution in [0.25, 0.3) is 0 Å². The highest BCUT2D eigenvalue weighted by atomic mass is 79.9. The molecule has 1 heterocycles. The molecule has 0 fully saturated rings. The van der Waals surface area contributed by atoms with Crippen molar-refractivity contribution in [3.8, 4) is 5.88 Å². The number of ether oxygens (including phenoxy) is 1. The van der Waals surface area contributed by atoms with E-state index < -0.39 is 10.0 Å². The minimum atomic E-state index is -3.68. The van der Waals surface area contributed by atoms with E-state index >= 15 is 0 Å². The van der Waals surface area contributed by atoms with E-state index in [1.807, 2.05) is 27.7 Å². The van der Waals surface area contributed by atoms with Crippen LogP contribution in [0.1, 0.15) is 27.7 Å². The van der Waals surface area contributed by atoms with E-state index in [1.165, 1.54) is 19.4 Å². The van der Waals surface area contributed by atoms with E-state index in [1.54, 1.807) is 0 Å². The Hall–Kier alpha value is -0.660. The van der Waals surface area contributed by atoms with Crippen LogP contribution in [0.5, 0.6) is 5.88 Å². The van der Waals surface area contributed by atoms with Crippen LogP contribution in [0, 0.1) is 11.8 Å². The van der Waals surface area contributed by atoms with E-state index in [0.29, 0.717) is 4.47 Å². The number of aromatic nitrogens is 1. The van der Waals surface area contributed by atoms with Crippen molar-refractivity contribution in [1.29, 1.82) is 0 Å². The zero-order chi connectivity index (χ0) is 15.5. The Morgan fingerprint density at radius 3 is 2.25 bits per heavy atom. The maximum absolute atomic E-state index is 12.5. The summed E-state index contributed by atoms with van der Waals surface area (Å²) >= 11 is 3.23. The maximum Gasteiger partial charge on any atom is 0.246 e. The molecule has 0 aromatic carbocycles. The molecule has 114 valence electrons. The van der Waals surface area contributed by atoms with Gasteiger partial charge in [0.05, 0.1) is 7.11 Å². The van der Waals surface area contributed by atoms with Gasteiger partial charge < -0.3 is 4.74 Å². The lowest BCUT2D eigenvalue weighted by molar-refractivity contribution is 0.352. The van der Waals surface area contributed by atoms with E-state index in [9.17, 15) is 8.42 Å². The van der Waals surface area contributed by atoms with Gasteiger partial charge in [-0.3, -0.25) is 0 Å². The van der Waals surface area contributed by atoms with Gasteiger partial charge >= 0.3 is 0 Å². The summed E-state index contributed by atoms with van der Waals surface area (Å²) in [6.07, 6.45) is 1.50. The predicted octanol–water partition coefficient (Wildman–Crippen LogP) is 2.81. The summed E-state index contributed by atoms with van der Waals surface area (Å²) in [7, 11) is -2.28. The lowest BCUT2D eigenvalue weighted by Gasteiger charge is -2.26. The standard InChI is InChI=1S/C13H21BrN2O3S/c1-8(2)12(9(3)4)16-20(17,18)11-6-10(14)7-15-13(11)19-5/h6-9,12,16H,1-5H3. The Balaban J connectivity index is 3.20. The molecule has 1 N–H and O–H groups in total. The number of nitrogens with one attached hydrogen (secondary N) is 1.